The zero-order valence-electron chi connectivity index (χ0n) is 16.2. The van der Waals surface area contributed by atoms with Gasteiger partial charge in [0.25, 0.3) is 0 Å². The summed E-state index contributed by atoms with van der Waals surface area (Å²) in [5.74, 6) is -0.278. The number of nitrogens with zero attached hydrogens (tertiary/aromatic N) is 1. The predicted octanol–water partition coefficient (Wildman–Crippen LogP) is 4.78. The third-order valence-electron chi connectivity index (χ3n) is 4.52. The molecule has 1 aromatic heterocycles. The van der Waals surface area contributed by atoms with Gasteiger partial charge in [0.15, 0.2) is 11.7 Å². The first-order valence-electron chi connectivity index (χ1n) is 9.33. The average Bonchev–Trinajstić information content (AvgIpc) is 3.12. The average molecular weight is 463 g/mol. The Balaban J connectivity index is 1.35. The lowest BCUT2D eigenvalue weighted by atomic mass is 9.92. The number of aromatic nitrogens is 1. The van der Waals surface area contributed by atoms with Gasteiger partial charge in [-0.1, -0.05) is 18.2 Å². The van der Waals surface area contributed by atoms with Gasteiger partial charge in [-0.3, -0.25) is 9.53 Å². The molecule has 0 radical (unpaired) electrons. The lowest BCUT2D eigenvalue weighted by molar-refractivity contribution is -0.357. The first kappa shape index (κ1) is 23.2. The summed E-state index contributed by atoms with van der Waals surface area (Å²) in [6, 6.07) is 4.26. The number of halogens is 5. The van der Waals surface area contributed by atoms with Crippen molar-refractivity contribution >= 4 is 17.5 Å². The van der Waals surface area contributed by atoms with E-state index in [0.29, 0.717) is 35.8 Å². The van der Waals surface area contributed by atoms with Crippen molar-refractivity contribution in [2.75, 3.05) is 6.61 Å². The van der Waals surface area contributed by atoms with Crippen LogP contribution in [0.2, 0.25) is 5.02 Å². The van der Waals surface area contributed by atoms with E-state index in [0.717, 1.165) is 0 Å². The van der Waals surface area contributed by atoms with Gasteiger partial charge in [0.2, 0.25) is 5.91 Å². The molecule has 0 saturated heterocycles. The molecule has 6 nitrogen and oxygen atoms in total. The molecule has 0 unspecified atom stereocenters. The molecule has 2 aromatic rings. The van der Waals surface area contributed by atoms with Crippen LogP contribution in [0, 0.1) is 5.82 Å². The molecule has 1 fully saturated rings. The zero-order valence-corrected chi connectivity index (χ0v) is 16.9. The number of alkyl halides is 3. The van der Waals surface area contributed by atoms with Gasteiger partial charge in [-0.15, -0.1) is 13.2 Å². The number of nitrogens with one attached hydrogen (secondary N) is 1. The van der Waals surface area contributed by atoms with Crippen molar-refractivity contribution in [1.82, 2.24) is 10.3 Å². The molecule has 1 aromatic carbocycles. The van der Waals surface area contributed by atoms with Crippen LogP contribution < -0.4 is 5.32 Å². The molecule has 3 rings (SSSR count). The van der Waals surface area contributed by atoms with E-state index in [1.165, 1.54) is 18.3 Å². The summed E-state index contributed by atoms with van der Waals surface area (Å²) in [4.78, 5) is 16.0. The van der Waals surface area contributed by atoms with E-state index in [4.69, 9.17) is 20.8 Å². The number of rotatable bonds is 9. The molecule has 1 saturated carbocycles. The summed E-state index contributed by atoms with van der Waals surface area (Å²) in [6.45, 7) is 3.45. The van der Waals surface area contributed by atoms with Crippen LogP contribution >= 0.6 is 11.6 Å². The van der Waals surface area contributed by atoms with Gasteiger partial charge in [0.05, 0.1) is 23.4 Å². The molecule has 168 valence electrons. The summed E-state index contributed by atoms with van der Waals surface area (Å²) in [6.07, 6.45) is -3.75. The Morgan fingerprint density at radius 1 is 1.32 bits per heavy atom. The largest absolute Gasteiger partial charge is 0.522 e. The third kappa shape index (κ3) is 7.05. The number of oxazole rings is 1. The number of carbonyl (C=O) groups is 1. The van der Waals surface area contributed by atoms with Crippen molar-refractivity contribution in [2.45, 2.75) is 44.3 Å². The fourth-order valence-corrected chi connectivity index (χ4v) is 3.01. The lowest BCUT2D eigenvalue weighted by Crippen LogP contribution is -2.42. The molecule has 1 heterocycles. The van der Waals surface area contributed by atoms with Crippen LogP contribution in [0.25, 0.3) is 11.3 Å². The summed E-state index contributed by atoms with van der Waals surface area (Å²) in [5.41, 5.74) is 0.890. The Hall–Kier alpha value is -2.43. The first-order chi connectivity index (χ1) is 14.6. The Bertz CT molecular complexity index is 942. The monoisotopic (exact) mass is 462 g/mol. The van der Waals surface area contributed by atoms with E-state index >= 15 is 0 Å². The molecular weight excluding hydrogens is 444 g/mol. The molecular formula is C20H19ClF4N2O4. The van der Waals surface area contributed by atoms with Crippen molar-refractivity contribution in [3.63, 3.8) is 0 Å². The maximum atomic E-state index is 13.6. The molecule has 1 amide bonds. The number of ether oxygens (including phenoxy) is 2. The summed E-state index contributed by atoms with van der Waals surface area (Å²) >= 11 is 5.66. The molecule has 1 N–H and O–H groups in total. The van der Waals surface area contributed by atoms with Crippen LogP contribution in [0.1, 0.15) is 25.2 Å². The summed E-state index contributed by atoms with van der Waals surface area (Å²) in [7, 11) is 0. The Morgan fingerprint density at radius 3 is 2.74 bits per heavy atom. The minimum absolute atomic E-state index is 0.00581. The maximum Gasteiger partial charge on any atom is 0.522 e. The predicted molar refractivity (Wildman–Crippen MR) is 102 cm³/mol. The second-order valence-electron chi connectivity index (χ2n) is 6.99. The highest BCUT2D eigenvalue weighted by Gasteiger charge is 2.40. The number of allylic oxidation sites excluding steroid dienone is 1. The van der Waals surface area contributed by atoms with Crippen molar-refractivity contribution in [1.29, 1.82) is 0 Å². The molecule has 0 atom stereocenters. The Kier molecular flexibility index (Phi) is 7.34. The smallest absolute Gasteiger partial charge is 0.441 e. The van der Waals surface area contributed by atoms with Crippen LogP contribution in [-0.2, 0) is 20.7 Å². The third-order valence-corrected chi connectivity index (χ3v) is 4.82. The highest BCUT2D eigenvalue weighted by molar-refractivity contribution is 6.30. The van der Waals surface area contributed by atoms with Crippen molar-refractivity contribution in [2.24, 2.45) is 0 Å². The molecule has 0 aliphatic heterocycles. The van der Waals surface area contributed by atoms with E-state index in [1.807, 2.05) is 0 Å². The Labute approximate surface area is 180 Å². The Morgan fingerprint density at radius 2 is 2.06 bits per heavy atom. The van der Waals surface area contributed by atoms with Gasteiger partial charge >= 0.3 is 6.36 Å². The van der Waals surface area contributed by atoms with Gasteiger partial charge < -0.3 is 14.5 Å². The SMILES string of the molecule is C=C(CCc1ncc(-c2ccc(Cl)c(F)c2)o1)NC(=O)COC1CC(OC(F)(F)F)C1. The van der Waals surface area contributed by atoms with Crippen LogP contribution in [0.4, 0.5) is 17.6 Å². The van der Waals surface area contributed by atoms with E-state index < -0.39 is 30.3 Å². The van der Waals surface area contributed by atoms with Gasteiger partial charge in [-0.05, 0) is 24.6 Å². The van der Waals surface area contributed by atoms with Crippen molar-refractivity contribution < 1.29 is 36.2 Å². The fraction of sp³-hybridized carbons (Fsp3) is 0.400. The van der Waals surface area contributed by atoms with E-state index in [-0.39, 0.29) is 24.5 Å². The maximum absolute atomic E-state index is 13.6. The summed E-state index contributed by atoms with van der Waals surface area (Å²) < 4.78 is 64.4. The topological polar surface area (TPSA) is 73.6 Å². The van der Waals surface area contributed by atoms with Gasteiger partial charge in [0, 0.05) is 30.5 Å². The fourth-order valence-electron chi connectivity index (χ4n) is 2.89. The van der Waals surface area contributed by atoms with Gasteiger partial charge in [-0.2, -0.15) is 0 Å². The van der Waals surface area contributed by atoms with Gasteiger partial charge in [-0.25, -0.2) is 9.37 Å². The minimum atomic E-state index is -4.67. The number of aryl methyl sites for hydroxylation is 1. The highest BCUT2D eigenvalue weighted by atomic mass is 35.5. The number of hydrogen-bond acceptors (Lipinski definition) is 5. The first-order valence-corrected chi connectivity index (χ1v) is 9.71. The van der Waals surface area contributed by atoms with E-state index in [1.54, 1.807) is 6.07 Å². The quantitative estimate of drug-likeness (QED) is 0.543. The van der Waals surface area contributed by atoms with Crippen molar-refractivity contribution in [3.8, 4) is 11.3 Å². The lowest BCUT2D eigenvalue weighted by Gasteiger charge is -2.34. The van der Waals surface area contributed by atoms with Crippen molar-refractivity contribution in [3.05, 3.63) is 53.4 Å². The van der Waals surface area contributed by atoms with E-state index in [2.05, 4.69) is 21.6 Å². The normalized spacial score (nSPS) is 18.5. The molecule has 0 bridgehead atoms. The second-order valence-corrected chi connectivity index (χ2v) is 7.40. The molecule has 31 heavy (non-hydrogen) atoms. The number of benzene rings is 1. The zero-order chi connectivity index (χ0) is 22.6. The van der Waals surface area contributed by atoms with Crippen LogP contribution in [0.15, 0.2) is 41.1 Å². The van der Waals surface area contributed by atoms with E-state index in [9.17, 15) is 22.4 Å². The molecule has 11 heteroatoms. The van der Waals surface area contributed by atoms with Crippen LogP contribution in [0.3, 0.4) is 0 Å². The highest BCUT2D eigenvalue weighted by Crippen LogP contribution is 2.32. The molecule has 1 aliphatic carbocycles. The number of amides is 1. The van der Waals surface area contributed by atoms with Crippen LogP contribution in [-0.4, -0.2) is 36.1 Å². The van der Waals surface area contributed by atoms with Gasteiger partial charge in [0.1, 0.15) is 12.4 Å². The minimum Gasteiger partial charge on any atom is -0.441 e. The number of carbonyl (C=O) groups excluding carboxylic acids is 1. The summed E-state index contributed by atoms with van der Waals surface area (Å²) in [5, 5.41) is 2.56. The standard InChI is InChI=1S/C20H19ClF4N2O4/c1-11(27-18(28)10-29-13-7-14(8-13)31-20(23,24)25)2-5-19-26-9-17(30-19)12-3-4-15(21)16(22)6-12/h3-4,6,9,13-14H,1-2,5,7-8,10H2,(H,27,28). The number of hydrogen-bond donors (Lipinski definition) is 1. The molecule has 0 spiro atoms. The van der Waals surface area contributed by atoms with Crippen LogP contribution in [0.5, 0.6) is 0 Å². The molecule has 1 aliphatic rings. The second kappa shape index (κ2) is 9.80.